The molecule has 1 aromatic heterocycles. The highest BCUT2D eigenvalue weighted by Gasteiger charge is 2.29. The fraction of sp³-hybridized carbons (Fsp3) is 0.227. The topological polar surface area (TPSA) is 56.8 Å². The molecule has 0 spiro atoms. The summed E-state index contributed by atoms with van der Waals surface area (Å²) in [7, 11) is 0. The van der Waals surface area contributed by atoms with Crippen LogP contribution in [0.25, 0.3) is 0 Å². The van der Waals surface area contributed by atoms with Crippen LogP contribution in [-0.2, 0) is 0 Å². The second-order valence-electron chi connectivity index (χ2n) is 6.82. The van der Waals surface area contributed by atoms with Crippen molar-refractivity contribution in [1.29, 1.82) is 0 Å². The van der Waals surface area contributed by atoms with E-state index >= 15 is 0 Å². The molecule has 3 amide bonds. The van der Waals surface area contributed by atoms with Gasteiger partial charge in [-0.25, -0.2) is 9.78 Å². The summed E-state index contributed by atoms with van der Waals surface area (Å²) in [6.07, 6.45) is 0. The molecule has 0 N–H and O–H groups in total. The summed E-state index contributed by atoms with van der Waals surface area (Å²) in [6.45, 7) is 3.87. The van der Waals surface area contributed by atoms with Crippen molar-refractivity contribution in [3.05, 3.63) is 76.7 Å². The van der Waals surface area contributed by atoms with Gasteiger partial charge < -0.3 is 9.80 Å². The van der Waals surface area contributed by atoms with Crippen LogP contribution in [-0.4, -0.2) is 52.9 Å². The SMILES string of the molecule is Cc1nc(C(=O)N2CCN(C(=O)N(c3ccccc3)c3ccccc3)CC2)cs1. The van der Waals surface area contributed by atoms with Crippen LogP contribution >= 0.6 is 11.3 Å². The second-order valence-corrected chi connectivity index (χ2v) is 7.88. The van der Waals surface area contributed by atoms with Crippen molar-refractivity contribution in [3.63, 3.8) is 0 Å². The summed E-state index contributed by atoms with van der Waals surface area (Å²) >= 11 is 1.47. The first-order valence-electron chi connectivity index (χ1n) is 9.54. The van der Waals surface area contributed by atoms with Gasteiger partial charge in [0.2, 0.25) is 0 Å². The Balaban J connectivity index is 1.49. The van der Waals surface area contributed by atoms with Gasteiger partial charge in [0.1, 0.15) is 5.69 Å². The minimum Gasteiger partial charge on any atom is -0.334 e. The van der Waals surface area contributed by atoms with E-state index in [-0.39, 0.29) is 11.9 Å². The third kappa shape index (κ3) is 4.14. The number of hydrogen-bond donors (Lipinski definition) is 0. The summed E-state index contributed by atoms with van der Waals surface area (Å²) in [5, 5.41) is 2.67. The van der Waals surface area contributed by atoms with Crippen molar-refractivity contribution < 1.29 is 9.59 Å². The van der Waals surface area contributed by atoms with Crippen molar-refractivity contribution >= 4 is 34.6 Å². The Labute approximate surface area is 174 Å². The number of rotatable bonds is 3. The molecule has 1 fully saturated rings. The Kier molecular flexibility index (Phi) is 5.57. The number of aromatic nitrogens is 1. The van der Waals surface area contributed by atoms with E-state index in [1.807, 2.05) is 67.6 Å². The Hall–Kier alpha value is -3.19. The second kappa shape index (κ2) is 8.45. The molecule has 1 aliphatic rings. The first-order valence-corrected chi connectivity index (χ1v) is 10.4. The van der Waals surface area contributed by atoms with Crippen LogP contribution in [0, 0.1) is 6.92 Å². The van der Waals surface area contributed by atoms with Gasteiger partial charge in [0.05, 0.1) is 16.4 Å². The van der Waals surface area contributed by atoms with Gasteiger partial charge in [-0.15, -0.1) is 11.3 Å². The van der Waals surface area contributed by atoms with Gasteiger partial charge in [0.15, 0.2) is 0 Å². The van der Waals surface area contributed by atoms with Crippen LogP contribution in [0.5, 0.6) is 0 Å². The van der Waals surface area contributed by atoms with E-state index in [2.05, 4.69) is 4.98 Å². The molecule has 0 unspecified atom stereocenters. The maximum atomic E-state index is 13.4. The van der Waals surface area contributed by atoms with Crippen molar-refractivity contribution in [3.8, 4) is 0 Å². The van der Waals surface area contributed by atoms with Crippen LogP contribution in [0.1, 0.15) is 15.5 Å². The molecule has 0 radical (unpaired) electrons. The summed E-state index contributed by atoms with van der Waals surface area (Å²) in [5.41, 5.74) is 2.13. The summed E-state index contributed by atoms with van der Waals surface area (Å²) < 4.78 is 0. The van der Waals surface area contributed by atoms with Gasteiger partial charge in [0, 0.05) is 31.6 Å². The molecular formula is C22H22N4O2S. The van der Waals surface area contributed by atoms with Crippen LogP contribution in [0.4, 0.5) is 16.2 Å². The lowest BCUT2D eigenvalue weighted by Gasteiger charge is -2.37. The lowest BCUT2D eigenvalue weighted by atomic mass is 10.2. The highest BCUT2D eigenvalue weighted by molar-refractivity contribution is 7.09. The molecule has 148 valence electrons. The van der Waals surface area contributed by atoms with E-state index in [9.17, 15) is 9.59 Å². The van der Waals surface area contributed by atoms with E-state index < -0.39 is 0 Å². The number of para-hydroxylation sites is 2. The first-order chi connectivity index (χ1) is 14.1. The zero-order valence-electron chi connectivity index (χ0n) is 16.2. The smallest absolute Gasteiger partial charge is 0.329 e. The number of carbonyl (C=O) groups excluding carboxylic acids is 2. The minimum absolute atomic E-state index is 0.0653. The molecule has 4 rings (SSSR count). The van der Waals surface area contributed by atoms with Crippen LogP contribution in [0.15, 0.2) is 66.0 Å². The molecule has 2 aromatic carbocycles. The predicted octanol–water partition coefficient (Wildman–Crippen LogP) is 4.17. The zero-order valence-corrected chi connectivity index (χ0v) is 17.0. The maximum absolute atomic E-state index is 13.4. The normalized spacial score (nSPS) is 14.0. The molecular weight excluding hydrogens is 384 g/mol. The monoisotopic (exact) mass is 406 g/mol. The van der Waals surface area contributed by atoms with Gasteiger partial charge in [-0.1, -0.05) is 36.4 Å². The molecule has 1 aliphatic heterocycles. The quantitative estimate of drug-likeness (QED) is 0.656. The van der Waals surface area contributed by atoms with Crippen molar-refractivity contribution in [1.82, 2.24) is 14.8 Å². The summed E-state index contributed by atoms with van der Waals surface area (Å²) in [6, 6.07) is 19.2. The van der Waals surface area contributed by atoms with Crippen molar-refractivity contribution in [2.24, 2.45) is 0 Å². The molecule has 3 aromatic rings. The molecule has 0 aliphatic carbocycles. The Morgan fingerprint density at radius 2 is 1.38 bits per heavy atom. The number of carbonyl (C=O) groups is 2. The molecule has 2 heterocycles. The number of aryl methyl sites for hydroxylation is 1. The lowest BCUT2D eigenvalue weighted by molar-refractivity contribution is 0.0664. The number of hydrogen-bond acceptors (Lipinski definition) is 4. The summed E-state index contributed by atoms with van der Waals surface area (Å²) in [4.78, 5) is 35.6. The van der Waals surface area contributed by atoms with Gasteiger partial charge in [0.25, 0.3) is 5.91 Å². The fourth-order valence-electron chi connectivity index (χ4n) is 3.39. The van der Waals surface area contributed by atoms with Crippen LogP contribution < -0.4 is 4.90 Å². The number of urea groups is 1. The fourth-order valence-corrected chi connectivity index (χ4v) is 3.98. The number of piperazine rings is 1. The van der Waals surface area contributed by atoms with Crippen molar-refractivity contribution in [2.45, 2.75) is 6.92 Å². The van der Waals surface area contributed by atoms with Crippen molar-refractivity contribution in [2.75, 3.05) is 31.1 Å². The number of benzene rings is 2. The molecule has 29 heavy (non-hydrogen) atoms. The van der Waals surface area contributed by atoms with E-state index in [1.165, 1.54) is 11.3 Å². The highest BCUT2D eigenvalue weighted by Crippen LogP contribution is 2.27. The van der Waals surface area contributed by atoms with Gasteiger partial charge in [-0.2, -0.15) is 0 Å². The lowest BCUT2D eigenvalue weighted by Crippen LogP contribution is -2.53. The van der Waals surface area contributed by atoms with E-state index in [4.69, 9.17) is 0 Å². The number of amides is 3. The zero-order chi connectivity index (χ0) is 20.2. The van der Waals surface area contributed by atoms with Gasteiger partial charge in [-0.3, -0.25) is 9.69 Å². The number of thiazole rings is 1. The molecule has 0 bridgehead atoms. The van der Waals surface area contributed by atoms with E-state index in [0.717, 1.165) is 16.4 Å². The van der Waals surface area contributed by atoms with Gasteiger partial charge >= 0.3 is 6.03 Å². The van der Waals surface area contributed by atoms with Crippen LogP contribution in [0.2, 0.25) is 0 Å². The maximum Gasteiger partial charge on any atom is 0.329 e. The Bertz CT molecular complexity index is 943. The predicted molar refractivity (Wildman–Crippen MR) is 115 cm³/mol. The standard InChI is InChI=1S/C22H22N4O2S/c1-17-23-20(16-29-17)21(27)24-12-14-25(15-13-24)22(28)26(18-8-4-2-5-9-18)19-10-6-3-7-11-19/h2-11,16H,12-15H2,1H3. The third-order valence-corrected chi connectivity index (χ3v) is 5.67. The molecule has 0 saturated carbocycles. The molecule has 0 atom stereocenters. The highest BCUT2D eigenvalue weighted by atomic mass is 32.1. The van der Waals surface area contributed by atoms with E-state index in [0.29, 0.717) is 31.9 Å². The Morgan fingerprint density at radius 1 is 0.862 bits per heavy atom. The molecule has 6 nitrogen and oxygen atoms in total. The van der Waals surface area contributed by atoms with Crippen LogP contribution in [0.3, 0.4) is 0 Å². The summed E-state index contributed by atoms with van der Waals surface area (Å²) in [5.74, 6) is -0.0653. The molecule has 7 heteroatoms. The average Bonchev–Trinajstić information content (AvgIpc) is 3.21. The van der Waals surface area contributed by atoms with E-state index in [1.54, 1.807) is 20.1 Å². The molecule has 1 saturated heterocycles. The Morgan fingerprint density at radius 3 is 1.86 bits per heavy atom. The average molecular weight is 407 g/mol. The number of nitrogens with zero attached hydrogens (tertiary/aromatic N) is 4. The largest absolute Gasteiger partial charge is 0.334 e. The third-order valence-electron chi connectivity index (χ3n) is 4.90. The van der Waals surface area contributed by atoms with Gasteiger partial charge in [-0.05, 0) is 31.2 Å². The first kappa shape index (κ1) is 19.1. The minimum atomic E-state index is -0.0843. The number of anilines is 2.